The molecule has 58 valence electrons. The van der Waals surface area contributed by atoms with Gasteiger partial charge >= 0.3 is 0 Å². The van der Waals surface area contributed by atoms with Crippen molar-refractivity contribution in [3.63, 3.8) is 0 Å². The first kappa shape index (κ1) is 9.21. The number of nitrogens with one attached hydrogen (secondary N) is 1. The highest BCUT2D eigenvalue weighted by Gasteiger charge is 2.00. The van der Waals surface area contributed by atoms with Gasteiger partial charge in [0.2, 0.25) is 5.91 Å². The molecule has 0 rings (SSSR count). The number of allylic oxidation sites excluding steroid dienone is 1. The maximum Gasteiger partial charge on any atom is 0.219 e. The van der Waals surface area contributed by atoms with Crippen LogP contribution in [0.2, 0.25) is 0 Å². The van der Waals surface area contributed by atoms with E-state index in [4.69, 9.17) is 0 Å². The lowest BCUT2D eigenvalue weighted by Crippen LogP contribution is -2.17. The number of carbonyl (C=O) groups is 1. The topological polar surface area (TPSA) is 29.1 Å². The number of hydrogen-bond donors (Lipinski definition) is 1. The Hall–Kier alpha value is -0.790. The summed E-state index contributed by atoms with van der Waals surface area (Å²) in [6, 6.07) is 0. The molecule has 0 aromatic heterocycles. The fourth-order valence-electron chi connectivity index (χ4n) is 0.602. The van der Waals surface area contributed by atoms with Crippen LogP contribution in [0.5, 0.6) is 0 Å². The zero-order valence-electron chi connectivity index (χ0n) is 6.68. The molecule has 2 nitrogen and oxygen atoms in total. The molecule has 0 fully saturated rings. The molecule has 1 amide bonds. The normalized spacial score (nSPS) is 12.2. The summed E-state index contributed by atoms with van der Waals surface area (Å²) in [5, 5.41) is 2.57. The third kappa shape index (κ3) is 4.13. The van der Waals surface area contributed by atoms with Crippen molar-refractivity contribution in [1.29, 1.82) is 0 Å². The summed E-state index contributed by atoms with van der Waals surface area (Å²) in [6.07, 6.45) is 3.36. The van der Waals surface area contributed by atoms with Crippen molar-refractivity contribution >= 4 is 5.91 Å². The Morgan fingerprint density at radius 1 is 1.80 bits per heavy atom. The third-order valence-corrected chi connectivity index (χ3v) is 1.51. The van der Waals surface area contributed by atoms with Gasteiger partial charge in [0, 0.05) is 13.5 Å². The molecule has 10 heavy (non-hydrogen) atoms. The fraction of sp³-hybridized carbons (Fsp3) is 0.625. The summed E-state index contributed by atoms with van der Waals surface area (Å²) < 4.78 is 0. The third-order valence-electron chi connectivity index (χ3n) is 1.51. The molecule has 2 heteroatoms. The molecule has 1 unspecified atom stereocenters. The highest BCUT2D eigenvalue weighted by atomic mass is 16.1. The lowest BCUT2D eigenvalue weighted by molar-refractivity contribution is -0.120. The predicted octanol–water partition coefficient (Wildman–Crippen LogP) is 1.33. The van der Waals surface area contributed by atoms with Crippen LogP contribution in [0.4, 0.5) is 0 Å². The largest absolute Gasteiger partial charge is 0.359 e. The van der Waals surface area contributed by atoms with E-state index in [1.54, 1.807) is 7.05 Å². The van der Waals surface area contributed by atoms with E-state index in [2.05, 4.69) is 18.8 Å². The van der Waals surface area contributed by atoms with Crippen LogP contribution in [0.1, 0.15) is 19.8 Å². The van der Waals surface area contributed by atoms with Gasteiger partial charge in [0.15, 0.2) is 0 Å². The maximum atomic E-state index is 10.7. The maximum absolute atomic E-state index is 10.7. The Balaban J connectivity index is 3.34. The van der Waals surface area contributed by atoms with Crippen LogP contribution in [0.15, 0.2) is 12.7 Å². The monoisotopic (exact) mass is 141 g/mol. The van der Waals surface area contributed by atoms with Crippen molar-refractivity contribution in [2.45, 2.75) is 19.8 Å². The zero-order valence-corrected chi connectivity index (χ0v) is 6.68. The molecule has 0 aromatic rings. The van der Waals surface area contributed by atoms with E-state index < -0.39 is 0 Å². The molecule has 1 N–H and O–H groups in total. The Bertz CT molecular complexity index is 120. The number of amides is 1. The first-order valence-corrected chi connectivity index (χ1v) is 3.53. The second-order valence-electron chi connectivity index (χ2n) is 2.42. The molecule has 0 aliphatic rings. The van der Waals surface area contributed by atoms with E-state index in [-0.39, 0.29) is 5.91 Å². The van der Waals surface area contributed by atoms with Crippen LogP contribution in [0.25, 0.3) is 0 Å². The summed E-state index contributed by atoms with van der Waals surface area (Å²) in [6.45, 7) is 5.68. The minimum atomic E-state index is 0.105. The molecular formula is C8H15NO. The standard InChI is InChI=1S/C8H15NO/c1-4-7(2)5-6-8(10)9-3/h4,7H,1,5-6H2,2-3H3,(H,9,10). The van der Waals surface area contributed by atoms with Crippen LogP contribution >= 0.6 is 0 Å². The van der Waals surface area contributed by atoms with Crippen LogP contribution in [-0.4, -0.2) is 13.0 Å². The lowest BCUT2D eigenvalue weighted by atomic mass is 10.1. The van der Waals surface area contributed by atoms with Crippen LogP contribution in [0.3, 0.4) is 0 Å². The van der Waals surface area contributed by atoms with Crippen LogP contribution in [0, 0.1) is 5.92 Å². The van der Waals surface area contributed by atoms with E-state index in [1.165, 1.54) is 0 Å². The van der Waals surface area contributed by atoms with Gasteiger partial charge in [-0.1, -0.05) is 13.0 Å². The highest BCUT2D eigenvalue weighted by molar-refractivity contribution is 5.75. The Morgan fingerprint density at radius 2 is 2.40 bits per heavy atom. The number of hydrogen-bond acceptors (Lipinski definition) is 1. The van der Waals surface area contributed by atoms with Crippen molar-refractivity contribution in [2.75, 3.05) is 7.05 Å². The van der Waals surface area contributed by atoms with Crippen molar-refractivity contribution in [3.05, 3.63) is 12.7 Å². The van der Waals surface area contributed by atoms with E-state index in [9.17, 15) is 4.79 Å². The molecule has 0 spiro atoms. The zero-order chi connectivity index (χ0) is 7.98. The molecule has 0 saturated heterocycles. The molecular weight excluding hydrogens is 126 g/mol. The smallest absolute Gasteiger partial charge is 0.219 e. The van der Waals surface area contributed by atoms with E-state index in [1.807, 2.05) is 6.08 Å². The average molecular weight is 141 g/mol. The molecule has 0 aliphatic heterocycles. The second kappa shape index (κ2) is 5.03. The van der Waals surface area contributed by atoms with E-state index in [0.29, 0.717) is 12.3 Å². The summed E-state index contributed by atoms with van der Waals surface area (Å²) in [7, 11) is 1.65. The molecule has 0 bridgehead atoms. The molecule has 0 heterocycles. The minimum Gasteiger partial charge on any atom is -0.359 e. The first-order chi connectivity index (χ1) is 4.70. The van der Waals surface area contributed by atoms with Gasteiger partial charge in [-0.2, -0.15) is 0 Å². The van der Waals surface area contributed by atoms with Gasteiger partial charge in [-0.25, -0.2) is 0 Å². The minimum absolute atomic E-state index is 0.105. The average Bonchev–Trinajstić information content (AvgIpc) is 1.99. The fourth-order valence-corrected chi connectivity index (χ4v) is 0.602. The Labute approximate surface area is 62.3 Å². The number of rotatable bonds is 4. The summed E-state index contributed by atoms with van der Waals surface area (Å²) in [4.78, 5) is 10.7. The SMILES string of the molecule is C=CC(C)CCC(=O)NC. The van der Waals surface area contributed by atoms with Gasteiger partial charge < -0.3 is 5.32 Å². The number of carbonyl (C=O) groups excluding carboxylic acids is 1. The molecule has 0 aromatic carbocycles. The Morgan fingerprint density at radius 3 is 2.80 bits per heavy atom. The van der Waals surface area contributed by atoms with Crippen molar-refractivity contribution in [1.82, 2.24) is 5.32 Å². The van der Waals surface area contributed by atoms with Gasteiger partial charge in [0.05, 0.1) is 0 Å². The quantitative estimate of drug-likeness (QED) is 0.588. The van der Waals surface area contributed by atoms with Crippen molar-refractivity contribution < 1.29 is 4.79 Å². The van der Waals surface area contributed by atoms with Crippen LogP contribution < -0.4 is 5.32 Å². The second-order valence-corrected chi connectivity index (χ2v) is 2.42. The van der Waals surface area contributed by atoms with Gasteiger partial charge in [-0.05, 0) is 12.3 Å². The van der Waals surface area contributed by atoms with Gasteiger partial charge in [0.25, 0.3) is 0 Å². The van der Waals surface area contributed by atoms with Gasteiger partial charge in [-0.3, -0.25) is 4.79 Å². The van der Waals surface area contributed by atoms with Gasteiger partial charge in [-0.15, -0.1) is 6.58 Å². The Kier molecular flexibility index (Phi) is 4.63. The first-order valence-electron chi connectivity index (χ1n) is 3.53. The highest BCUT2D eigenvalue weighted by Crippen LogP contribution is 2.04. The summed E-state index contributed by atoms with van der Waals surface area (Å²) >= 11 is 0. The summed E-state index contributed by atoms with van der Waals surface area (Å²) in [5.74, 6) is 0.547. The molecule has 0 saturated carbocycles. The summed E-state index contributed by atoms with van der Waals surface area (Å²) in [5.41, 5.74) is 0. The van der Waals surface area contributed by atoms with Crippen molar-refractivity contribution in [2.24, 2.45) is 5.92 Å². The van der Waals surface area contributed by atoms with E-state index >= 15 is 0 Å². The lowest BCUT2D eigenvalue weighted by Gasteiger charge is -2.02. The van der Waals surface area contributed by atoms with Crippen molar-refractivity contribution in [3.8, 4) is 0 Å². The van der Waals surface area contributed by atoms with Crippen LogP contribution in [-0.2, 0) is 4.79 Å². The molecule has 1 atom stereocenters. The predicted molar refractivity (Wildman–Crippen MR) is 42.7 cm³/mol. The molecule has 0 radical (unpaired) electrons. The molecule has 0 aliphatic carbocycles. The van der Waals surface area contributed by atoms with Gasteiger partial charge in [0.1, 0.15) is 0 Å². The van der Waals surface area contributed by atoms with E-state index in [0.717, 1.165) is 6.42 Å².